The summed E-state index contributed by atoms with van der Waals surface area (Å²) in [4.78, 5) is 17.2. The fourth-order valence-electron chi connectivity index (χ4n) is 2.09. The molecule has 0 amide bonds. The lowest BCUT2D eigenvalue weighted by Gasteiger charge is -2.08. The molecule has 0 saturated heterocycles. The van der Waals surface area contributed by atoms with Crippen LogP contribution in [0.3, 0.4) is 0 Å². The number of ether oxygens (including phenoxy) is 2. The predicted molar refractivity (Wildman–Crippen MR) is 97.3 cm³/mol. The Morgan fingerprint density at radius 1 is 1.12 bits per heavy atom. The van der Waals surface area contributed by atoms with Gasteiger partial charge in [-0.1, -0.05) is 53.2 Å². The first kappa shape index (κ1) is 18.5. The highest BCUT2D eigenvalue weighted by atomic mass is 35.5. The van der Waals surface area contributed by atoms with Gasteiger partial charge in [0.05, 0.1) is 26.7 Å². The first-order valence-corrected chi connectivity index (χ1v) is 7.84. The third-order valence-electron chi connectivity index (χ3n) is 3.30. The molecular formula is C19H18ClNO4. The molecule has 0 unspecified atom stereocenters. The molecule has 0 fully saturated rings. The van der Waals surface area contributed by atoms with Crippen molar-refractivity contribution in [1.82, 2.24) is 0 Å². The van der Waals surface area contributed by atoms with Crippen LogP contribution in [0.25, 0.3) is 5.57 Å². The molecular weight excluding hydrogens is 342 g/mol. The van der Waals surface area contributed by atoms with Gasteiger partial charge in [-0.15, -0.1) is 0 Å². The van der Waals surface area contributed by atoms with E-state index in [0.717, 1.165) is 5.56 Å². The second-order valence-corrected chi connectivity index (χ2v) is 5.42. The molecule has 0 N–H and O–H groups in total. The van der Waals surface area contributed by atoms with Crippen LogP contribution in [-0.4, -0.2) is 26.4 Å². The van der Waals surface area contributed by atoms with Crippen molar-refractivity contribution < 1.29 is 19.1 Å². The molecule has 2 rings (SSSR count). The van der Waals surface area contributed by atoms with Gasteiger partial charge in [0.15, 0.2) is 0 Å². The lowest BCUT2D eigenvalue weighted by molar-refractivity contribution is -0.133. The van der Waals surface area contributed by atoms with E-state index in [0.29, 0.717) is 28.3 Å². The first-order chi connectivity index (χ1) is 12.2. The Morgan fingerprint density at radius 2 is 1.84 bits per heavy atom. The zero-order chi connectivity index (χ0) is 18.1. The Kier molecular flexibility index (Phi) is 7.04. The summed E-state index contributed by atoms with van der Waals surface area (Å²) in [5, 5.41) is 4.64. The predicted octanol–water partition coefficient (Wildman–Crippen LogP) is 4.05. The third kappa shape index (κ3) is 5.36. The smallest absolute Gasteiger partial charge is 0.341 e. The van der Waals surface area contributed by atoms with Crippen molar-refractivity contribution in [3.63, 3.8) is 0 Å². The molecule has 2 aromatic carbocycles. The summed E-state index contributed by atoms with van der Waals surface area (Å²) in [5.74, 6) is -0.496. The average Bonchev–Trinajstić information content (AvgIpc) is 2.64. The molecule has 0 bridgehead atoms. The van der Waals surface area contributed by atoms with E-state index in [1.807, 2.05) is 30.3 Å². The van der Waals surface area contributed by atoms with Gasteiger partial charge >= 0.3 is 5.97 Å². The molecule has 0 aromatic heterocycles. The molecule has 0 saturated carbocycles. The van der Waals surface area contributed by atoms with Gasteiger partial charge in [-0.3, -0.25) is 0 Å². The number of carbonyl (C=O) groups is 1. The number of esters is 1. The fourth-order valence-corrected chi connectivity index (χ4v) is 2.22. The van der Waals surface area contributed by atoms with Crippen molar-refractivity contribution in [3.8, 4) is 0 Å². The Bertz CT molecular complexity index is 769. The SMILES string of the molecule is CO/C=C(/C(=O)OC)c1ccccc1/C=N/OCc1ccc(Cl)cc1. The molecule has 0 aliphatic carbocycles. The number of oxime groups is 1. The normalized spacial score (nSPS) is 11.4. The molecule has 0 aliphatic rings. The summed E-state index contributed by atoms with van der Waals surface area (Å²) in [6.07, 6.45) is 2.88. The molecule has 130 valence electrons. The summed E-state index contributed by atoms with van der Waals surface area (Å²) < 4.78 is 9.77. The number of hydrogen-bond acceptors (Lipinski definition) is 5. The Balaban J connectivity index is 2.12. The van der Waals surface area contributed by atoms with E-state index in [4.69, 9.17) is 25.9 Å². The molecule has 6 heteroatoms. The van der Waals surface area contributed by atoms with E-state index < -0.39 is 5.97 Å². The highest BCUT2D eigenvalue weighted by molar-refractivity contribution is 6.30. The van der Waals surface area contributed by atoms with E-state index in [1.54, 1.807) is 18.2 Å². The quantitative estimate of drug-likeness (QED) is 0.246. The number of hydrogen-bond donors (Lipinski definition) is 0. The van der Waals surface area contributed by atoms with Crippen molar-refractivity contribution >= 4 is 29.4 Å². The van der Waals surface area contributed by atoms with Crippen LogP contribution in [0.4, 0.5) is 0 Å². The summed E-state index contributed by atoms with van der Waals surface area (Å²) in [5.41, 5.74) is 2.58. The minimum absolute atomic E-state index is 0.296. The monoisotopic (exact) mass is 359 g/mol. The Labute approximate surface area is 151 Å². The molecule has 25 heavy (non-hydrogen) atoms. The van der Waals surface area contributed by atoms with E-state index in [9.17, 15) is 4.79 Å². The Morgan fingerprint density at radius 3 is 2.52 bits per heavy atom. The molecule has 0 spiro atoms. The van der Waals surface area contributed by atoms with Gasteiger partial charge < -0.3 is 14.3 Å². The number of carbonyl (C=O) groups excluding carboxylic acids is 1. The lowest BCUT2D eigenvalue weighted by Crippen LogP contribution is -2.06. The fraction of sp³-hybridized carbons (Fsp3) is 0.158. The zero-order valence-corrected chi connectivity index (χ0v) is 14.7. The standard InChI is InChI=1S/C19H18ClNO4/c1-23-13-18(19(22)24-2)17-6-4-3-5-15(17)11-21-25-12-14-7-9-16(20)10-8-14/h3-11,13H,12H2,1-2H3/b18-13+,21-11+. The summed E-state index contributed by atoms with van der Waals surface area (Å²) in [7, 11) is 2.78. The zero-order valence-electron chi connectivity index (χ0n) is 13.9. The second-order valence-electron chi connectivity index (χ2n) is 4.98. The minimum Gasteiger partial charge on any atom is -0.503 e. The molecule has 0 atom stereocenters. The Hall–Kier alpha value is -2.79. The van der Waals surface area contributed by atoms with Crippen molar-refractivity contribution in [3.05, 3.63) is 76.5 Å². The third-order valence-corrected chi connectivity index (χ3v) is 3.55. The molecule has 5 nitrogen and oxygen atoms in total. The highest BCUT2D eigenvalue weighted by Gasteiger charge is 2.15. The highest BCUT2D eigenvalue weighted by Crippen LogP contribution is 2.20. The van der Waals surface area contributed by atoms with Crippen LogP contribution in [0.1, 0.15) is 16.7 Å². The van der Waals surface area contributed by atoms with E-state index >= 15 is 0 Å². The van der Waals surface area contributed by atoms with Gasteiger partial charge in [0.2, 0.25) is 0 Å². The molecule has 2 aromatic rings. The lowest BCUT2D eigenvalue weighted by atomic mass is 10.0. The first-order valence-electron chi connectivity index (χ1n) is 7.46. The number of benzene rings is 2. The summed E-state index contributed by atoms with van der Waals surface area (Å²) >= 11 is 5.84. The topological polar surface area (TPSA) is 57.1 Å². The van der Waals surface area contributed by atoms with Gasteiger partial charge in [-0.2, -0.15) is 0 Å². The van der Waals surface area contributed by atoms with Gasteiger partial charge in [0.25, 0.3) is 0 Å². The summed E-state index contributed by atoms with van der Waals surface area (Å²) in [6.45, 7) is 0.313. The van der Waals surface area contributed by atoms with Gasteiger partial charge in [-0.25, -0.2) is 4.79 Å². The van der Waals surface area contributed by atoms with Crippen LogP contribution < -0.4 is 0 Å². The van der Waals surface area contributed by atoms with Crippen LogP contribution in [0.2, 0.25) is 5.02 Å². The molecule has 0 radical (unpaired) electrons. The van der Waals surface area contributed by atoms with Gasteiger partial charge in [-0.05, 0) is 17.7 Å². The maximum absolute atomic E-state index is 11.9. The van der Waals surface area contributed by atoms with Crippen LogP contribution >= 0.6 is 11.6 Å². The number of nitrogens with zero attached hydrogens (tertiary/aromatic N) is 1. The van der Waals surface area contributed by atoms with E-state index in [2.05, 4.69) is 5.16 Å². The van der Waals surface area contributed by atoms with Crippen LogP contribution in [0.5, 0.6) is 0 Å². The van der Waals surface area contributed by atoms with Gasteiger partial charge in [0.1, 0.15) is 12.2 Å². The van der Waals surface area contributed by atoms with Crippen molar-refractivity contribution in [2.75, 3.05) is 14.2 Å². The number of methoxy groups -OCH3 is 2. The average molecular weight is 360 g/mol. The number of rotatable bonds is 7. The van der Waals surface area contributed by atoms with E-state index in [-0.39, 0.29) is 0 Å². The largest absolute Gasteiger partial charge is 0.503 e. The van der Waals surface area contributed by atoms with Gasteiger partial charge in [0, 0.05) is 16.1 Å². The van der Waals surface area contributed by atoms with E-state index in [1.165, 1.54) is 26.7 Å². The second kappa shape index (κ2) is 9.49. The van der Waals surface area contributed by atoms with Crippen LogP contribution in [0.15, 0.2) is 59.9 Å². The molecule has 0 heterocycles. The van der Waals surface area contributed by atoms with Crippen molar-refractivity contribution in [1.29, 1.82) is 0 Å². The van der Waals surface area contributed by atoms with Crippen LogP contribution in [0, 0.1) is 0 Å². The maximum atomic E-state index is 11.9. The minimum atomic E-state index is -0.496. The maximum Gasteiger partial charge on any atom is 0.341 e. The van der Waals surface area contributed by atoms with Crippen LogP contribution in [-0.2, 0) is 25.7 Å². The molecule has 0 aliphatic heterocycles. The summed E-state index contributed by atoms with van der Waals surface area (Å²) in [6, 6.07) is 14.6. The number of halogens is 1. The van der Waals surface area contributed by atoms with Crippen molar-refractivity contribution in [2.24, 2.45) is 5.16 Å². The van der Waals surface area contributed by atoms with Crippen molar-refractivity contribution in [2.45, 2.75) is 6.61 Å².